The second-order valence-corrected chi connectivity index (χ2v) is 4.60. The summed E-state index contributed by atoms with van der Waals surface area (Å²) < 4.78 is 14.3. The molecule has 88 valence electrons. The molecule has 3 nitrogen and oxygen atoms in total. The van der Waals surface area contributed by atoms with Gasteiger partial charge in [0, 0.05) is 4.47 Å². The molecule has 2 rings (SSSR count). The molecule has 0 aliphatic rings. The smallest absolute Gasteiger partial charge is 0.146 e. The van der Waals surface area contributed by atoms with E-state index >= 15 is 0 Å². The molecule has 0 radical (unpaired) electrons. The van der Waals surface area contributed by atoms with Crippen LogP contribution >= 0.6 is 15.9 Å². The lowest BCUT2D eigenvalue weighted by Crippen LogP contribution is -1.99. The lowest BCUT2D eigenvalue weighted by atomic mass is 10.2. The Morgan fingerprint density at radius 1 is 1.35 bits per heavy atom. The fourth-order valence-corrected chi connectivity index (χ4v) is 1.81. The zero-order valence-corrected chi connectivity index (χ0v) is 10.8. The van der Waals surface area contributed by atoms with Crippen LogP contribution in [0.2, 0.25) is 0 Å². The Balaban J connectivity index is 2.34. The molecule has 0 amide bonds. The maximum absolute atomic E-state index is 13.5. The molecule has 0 aliphatic heterocycles. The number of nitrogens with two attached hydrogens (primary N) is 1. The van der Waals surface area contributed by atoms with Crippen LogP contribution in [0.3, 0.4) is 0 Å². The molecule has 0 aliphatic carbocycles. The molecule has 1 aromatic heterocycles. The van der Waals surface area contributed by atoms with Crippen molar-refractivity contribution in [2.45, 2.75) is 6.92 Å². The zero-order chi connectivity index (χ0) is 12.4. The highest BCUT2D eigenvalue weighted by Crippen LogP contribution is 2.25. The van der Waals surface area contributed by atoms with Gasteiger partial charge in [-0.3, -0.25) is 0 Å². The topological polar surface area (TPSA) is 50.9 Å². The number of aromatic nitrogens is 1. The zero-order valence-electron chi connectivity index (χ0n) is 9.17. The number of halogens is 2. The number of rotatable bonds is 2. The van der Waals surface area contributed by atoms with E-state index in [1.807, 2.05) is 6.92 Å². The van der Waals surface area contributed by atoms with Gasteiger partial charge in [0.05, 0.1) is 17.6 Å². The number of anilines is 3. The average Bonchev–Trinajstić information content (AvgIpc) is 2.27. The van der Waals surface area contributed by atoms with Gasteiger partial charge in [0.1, 0.15) is 11.6 Å². The first-order valence-electron chi connectivity index (χ1n) is 5.00. The van der Waals surface area contributed by atoms with Crippen molar-refractivity contribution >= 4 is 33.1 Å². The summed E-state index contributed by atoms with van der Waals surface area (Å²) in [5.41, 5.74) is 7.43. The Bertz CT molecular complexity index is 557. The molecule has 1 aromatic carbocycles. The number of aryl methyl sites for hydroxylation is 1. The van der Waals surface area contributed by atoms with Gasteiger partial charge in [0.15, 0.2) is 0 Å². The van der Waals surface area contributed by atoms with Crippen LogP contribution in [0.1, 0.15) is 5.56 Å². The van der Waals surface area contributed by atoms with E-state index in [9.17, 15) is 4.39 Å². The van der Waals surface area contributed by atoms with Crippen LogP contribution < -0.4 is 11.1 Å². The first-order chi connectivity index (χ1) is 8.06. The molecule has 0 bridgehead atoms. The number of benzene rings is 1. The molecule has 2 aromatic rings. The van der Waals surface area contributed by atoms with E-state index < -0.39 is 0 Å². The molecule has 0 fully saturated rings. The van der Waals surface area contributed by atoms with E-state index in [0.717, 1.165) is 10.0 Å². The molecule has 17 heavy (non-hydrogen) atoms. The highest BCUT2D eigenvalue weighted by atomic mass is 79.9. The molecular weight excluding hydrogens is 285 g/mol. The minimum Gasteiger partial charge on any atom is -0.397 e. The van der Waals surface area contributed by atoms with Crippen molar-refractivity contribution in [3.63, 3.8) is 0 Å². The van der Waals surface area contributed by atoms with Crippen molar-refractivity contribution in [1.29, 1.82) is 0 Å². The lowest BCUT2D eigenvalue weighted by Gasteiger charge is -2.10. The van der Waals surface area contributed by atoms with Crippen molar-refractivity contribution in [3.05, 3.63) is 46.3 Å². The molecule has 0 unspecified atom stereocenters. The quantitative estimate of drug-likeness (QED) is 0.890. The summed E-state index contributed by atoms with van der Waals surface area (Å²) in [7, 11) is 0. The Hall–Kier alpha value is -1.62. The Morgan fingerprint density at radius 2 is 2.12 bits per heavy atom. The number of nitrogens with zero attached hydrogens (tertiary/aromatic N) is 1. The lowest BCUT2D eigenvalue weighted by molar-refractivity contribution is 0.631. The van der Waals surface area contributed by atoms with Crippen molar-refractivity contribution in [3.8, 4) is 0 Å². The van der Waals surface area contributed by atoms with E-state index in [-0.39, 0.29) is 5.82 Å². The molecule has 0 atom stereocenters. The van der Waals surface area contributed by atoms with Crippen molar-refractivity contribution in [2.24, 2.45) is 0 Å². The summed E-state index contributed by atoms with van der Waals surface area (Å²) >= 11 is 3.29. The van der Waals surface area contributed by atoms with Crippen molar-refractivity contribution in [1.82, 2.24) is 4.98 Å². The minimum absolute atomic E-state index is 0.328. The van der Waals surface area contributed by atoms with E-state index in [1.54, 1.807) is 18.2 Å². The highest BCUT2D eigenvalue weighted by Gasteiger charge is 2.06. The number of hydrogen-bond acceptors (Lipinski definition) is 3. The van der Waals surface area contributed by atoms with Crippen molar-refractivity contribution < 1.29 is 4.39 Å². The van der Waals surface area contributed by atoms with Gasteiger partial charge < -0.3 is 11.1 Å². The van der Waals surface area contributed by atoms with Crippen LogP contribution in [0.15, 0.2) is 34.9 Å². The molecule has 3 N–H and O–H groups in total. The first kappa shape index (κ1) is 11.9. The van der Waals surface area contributed by atoms with Gasteiger partial charge in [-0.25, -0.2) is 9.37 Å². The summed E-state index contributed by atoms with van der Waals surface area (Å²) in [6.07, 6.45) is 1.53. The number of nitrogens with one attached hydrogen (secondary N) is 1. The Morgan fingerprint density at radius 3 is 2.82 bits per heavy atom. The molecular formula is C12H11BrFN3. The fourth-order valence-electron chi connectivity index (χ4n) is 1.45. The summed E-state index contributed by atoms with van der Waals surface area (Å²) in [5.74, 6) is 0.266. The van der Waals surface area contributed by atoms with Gasteiger partial charge in [-0.15, -0.1) is 0 Å². The molecule has 0 saturated heterocycles. The summed E-state index contributed by atoms with van der Waals surface area (Å²) in [4.78, 5) is 4.13. The maximum atomic E-state index is 13.5. The van der Waals surface area contributed by atoms with Gasteiger partial charge in [0.2, 0.25) is 0 Å². The average molecular weight is 296 g/mol. The van der Waals surface area contributed by atoms with Gasteiger partial charge in [0.25, 0.3) is 0 Å². The van der Waals surface area contributed by atoms with E-state index in [4.69, 9.17) is 5.73 Å². The minimum atomic E-state index is -0.328. The standard InChI is InChI=1S/C12H11BrFN3/c1-7-4-9(15)6-16-12(7)17-11-5-8(13)2-3-10(11)14/h2-6H,15H2,1H3,(H,16,17). The number of nitrogen functional groups attached to an aromatic ring is 1. The highest BCUT2D eigenvalue weighted by molar-refractivity contribution is 9.10. The van der Waals surface area contributed by atoms with Gasteiger partial charge >= 0.3 is 0 Å². The second kappa shape index (κ2) is 4.71. The van der Waals surface area contributed by atoms with Gasteiger partial charge in [-0.05, 0) is 36.8 Å². The Kier molecular flexibility index (Phi) is 3.28. The maximum Gasteiger partial charge on any atom is 0.146 e. The summed E-state index contributed by atoms with van der Waals surface area (Å²) in [6, 6.07) is 6.47. The second-order valence-electron chi connectivity index (χ2n) is 3.68. The van der Waals surface area contributed by atoms with E-state index in [2.05, 4.69) is 26.2 Å². The number of pyridine rings is 1. The van der Waals surface area contributed by atoms with Crippen LogP contribution in [-0.4, -0.2) is 4.98 Å². The monoisotopic (exact) mass is 295 g/mol. The Labute approximate surface area is 107 Å². The van der Waals surface area contributed by atoms with Gasteiger partial charge in [-0.2, -0.15) is 0 Å². The number of hydrogen-bond donors (Lipinski definition) is 2. The molecule has 0 saturated carbocycles. The van der Waals surface area contributed by atoms with Crippen LogP contribution in [0.4, 0.5) is 21.6 Å². The predicted octanol–water partition coefficient (Wildman–Crippen LogP) is 3.62. The fraction of sp³-hybridized carbons (Fsp3) is 0.0833. The normalized spacial score (nSPS) is 10.3. The molecule has 5 heteroatoms. The van der Waals surface area contributed by atoms with Crippen LogP contribution in [0, 0.1) is 12.7 Å². The predicted molar refractivity (Wildman–Crippen MR) is 70.8 cm³/mol. The third-order valence-corrected chi connectivity index (χ3v) is 2.77. The van der Waals surface area contributed by atoms with E-state index in [0.29, 0.717) is 17.2 Å². The first-order valence-corrected chi connectivity index (χ1v) is 5.80. The van der Waals surface area contributed by atoms with Crippen LogP contribution in [0.25, 0.3) is 0 Å². The van der Waals surface area contributed by atoms with E-state index in [1.165, 1.54) is 12.3 Å². The van der Waals surface area contributed by atoms with Gasteiger partial charge in [-0.1, -0.05) is 15.9 Å². The molecule has 1 heterocycles. The van der Waals surface area contributed by atoms with Crippen LogP contribution in [-0.2, 0) is 0 Å². The largest absolute Gasteiger partial charge is 0.397 e. The molecule has 0 spiro atoms. The van der Waals surface area contributed by atoms with Crippen LogP contribution in [0.5, 0.6) is 0 Å². The third kappa shape index (κ3) is 2.74. The third-order valence-electron chi connectivity index (χ3n) is 2.28. The summed E-state index contributed by atoms with van der Waals surface area (Å²) in [5, 5.41) is 2.94. The summed E-state index contributed by atoms with van der Waals surface area (Å²) in [6.45, 7) is 1.86. The van der Waals surface area contributed by atoms with Crippen molar-refractivity contribution in [2.75, 3.05) is 11.1 Å². The SMILES string of the molecule is Cc1cc(N)cnc1Nc1cc(Br)ccc1F.